The highest BCUT2D eigenvalue weighted by molar-refractivity contribution is 7.99. The lowest BCUT2D eigenvalue weighted by atomic mass is 10.3. The van der Waals surface area contributed by atoms with Crippen LogP contribution in [0.4, 0.5) is 0 Å². The fourth-order valence-electron chi connectivity index (χ4n) is 2.19. The zero-order chi connectivity index (χ0) is 16.2. The van der Waals surface area contributed by atoms with Crippen LogP contribution in [0.3, 0.4) is 0 Å². The summed E-state index contributed by atoms with van der Waals surface area (Å²) < 4.78 is 17.7. The van der Waals surface area contributed by atoms with Gasteiger partial charge in [0.15, 0.2) is 5.16 Å². The molecule has 0 aliphatic carbocycles. The molecule has 3 aromatic rings. The van der Waals surface area contributed by atoms with Crippen molar-refractivity contribution in [2.75, 3.05) is 12.9 Å². The highest BCUT2D eigenvalue weighted by atomic mass is 32.2. The summed E-state index contributed by atoms with van der Waals surface area (Å²) in [5, 5.41) is 0.462. The van der Waals surface area contributed by atoms with E-state index in [0.717, 1.165) is 33.1 Å². The fraction of sp³-hybridized carbons (Fsp3) is 0.250. The first-order chi connectivity index (χ1) is 11.2. The van der Waals surface area contributed by atoms with Crippen molar-refractivity contribution in [2.45, 2.75) is 22.7 Å². The molecule has 0 radical (unpaired) electrons. The Balaban J connectivity index is 1.81. The number of nitrogens with zero attached hydrogens (tertiary/aromatic N) is 2. The smallest absolute Gasteiger partial charge is 0.197 e. The summed E-state index contributed by atoms with van der Waals surface area (Å²) in [6.07, 6.45) is 1.76. The van der Waals surface area contributed by atoms with Gasteiger partial charge in [0.1, 0.15) is 5.75 Å². The van der Waals surface area contributed by atoms with E-state index in [9.17, 15) is 4.21 Å². The number of rotatable bonds is 6. The van der Waals surface area contributed by atoms with Gasteiger partial charge in [-0.15, -0.1) is 11.8 Å². The van der Waals surface area contributed by atoms with Crippen LogP contribution in [0.1, 0.15) is 12.6 Å². The molecule has 0 bridgehead atoms. The van der Waals surface area contributed by atoms with Gasteiger partial charge in [0, 0.05) is 17.2 Å². The predicted octanol–water partition coefficient (Wildman–Crippen LogP) is 3.39. The van der Waals surface area contributed by atoms with Gasteiger partial charge >= 0.3 is 0 Å². The van der Waals surface area contributed by atoms with E-state index in [0.29, 0.717) is 10.9 Å². The van der Waals surface area contributed by atoms with Crippen LogP contribution in [0.15, 0.2) is 46.6 Å². The van der Waals surface area contributed by atoms with Gasteiger partial charge in [-0.3, -0.25) is 9.19 Å². The van der Waals surface area contributed by atoms with E-state index >= 15 is 0 Å². The molecule has 0 saturated heterocycles. The number of methoxy groups -OCH3 is 1. The SMILES string of the molecule is CCSc1ccnc(CS(=O)c2nc3ccc(OC)cc3[nH]2)c1. The van der Waals surface area contributed by atoms with Gasteiger partial charge in [0.05, 0.1) is 40.4 Å². The van der Waals surface area contributed by atoms with Crippen LogP contribution in [0.5, 0.6) is 5.75 Å². The molecule has 0 fully saturated rings. The summed E-state index contributed by atoms with van der Waals surface area (Å²) in [6, 6.07) is 9.48. The normalized spacial score (nSPS) is 12.4. The standard InChI is InChI=1S/C16H17N3O2S2/c1-3-22-13-6-7-17-11(8-13)10-23(20)16-18-14-5-4-12(21-2)9-15(14)19-16/h4-9H,3,10H2,1-2H3,(H,18,19). The Morgan fingerprint density at radius 1 is 1.30 bits per heavy atom. The van der Waals surface area contributed by atoms with Gasteiger partial charge in [-0.2, -0.15) is 0 Å². The van der Waals surface area contributed by atoms with E-state index in [2.05, 4.69) is 21.9 Å². The maximum absolute atomic E-state index is 12.5. The molecule has 1 unspecified atom stereocenters. The van der Waals surface area contributed by atoms with Crippen molar-refractivity contribution in [1.82, 2.24) is 15.0 Å². The summed E-state index contributed by atoms with van der Waals surface area (Å²) >= 11 is 1.74. The topological polar surface area (TPSA) is 67.9 Å². The van der Waals surface area contributed by atoms with Gasteiger partial charge in [-0.25, -0.2) is 4.98 Å². The monoisotopic (exact) mass is 347 g/mol. The van der Waals surface area contributed by atoms with E-state index in [-0.39, 0.29) is 0 Å². The number of pyridine rings is 1. The number of ether oxygens (including phenoxy) is 1. The first-order valence-corrected chi connectivity index (χ1v) is 9.50. The lowest BCUT2D eigenvalue weighted by Gasteiger charge is -2.02. The summed E-state index contributed by atoms with van der Waals surface area (Å²) in [4.78, 5) is 12.9. The Kier molecular flexibility index (Phi) is 4.97. The second-order valence-corrected chi connectivity index (χ2v) is 7.53. The average molecular weight is 347 g/mol. The first-order valence-electron chi connectivity index (χ1n) is 7.19. The number of thioether (sulfide) groups is 1. The molecule has 1 aromatic carbocycles. The number of aromatic nitrogens is 3. The number of imidazole rings is 1. The molecule has 1 N–H and O–H groups in total. The molecular weight excluding hydrogens is 330 g/mol. The third-order valence-electron chi connectivity index (χ3n) is 3.26. The molecule has 2 aromatic heterocycles. The van der Waals surface area contributed by atoms with Crippen molar-refractivity contribution in [3.05, 3.63) is 42.2 Å². The average Bonchev–Trinajstić information content (AvgIpc) is 2.98. The minimum absolute atomic E-state index is 0.342. The highest BCUT2D eigenvalue weighted by Crippen LogP contribution is 2.22. The van der Waals surface area contributed by atoms with Crippen molar-refractivity contribution in [2.24, 2.45) is 0 Å². The van der Waals surface area contributed by atoms with Gasteiger partial charge in [-0.1, -0.05) is 6.92 Å². The molecule has 3 rings (SSSR count). The Labute approximate surface area is 141 Å². The van der Waals surface area contributed by atoms with E-state index in [4.69, 9.17) is 4.74 Å². The van der Waals surface area contributed by atoms with Gasteiger partial charge in [-0.05, 0) is 30.0 Å². The molecule has 23 heavy (non-hydrogen) atoms. The summed E-state index contributed by atoms with van der Waals surface area (Å²) in [5.41, 5.74) is 2.40. The van der Waals surface area contributed by atoms with Gasteiger partial charge in [0.2, 0.25) is 0 Å². The maximum Gasteiger partial charge on any atom is 0.197 e. The Hall–Kier alpha value is -1.86. The van der Waals surface area contributed by atoms with Crippen molar-refractivity contribution >= 4 is 33.6 Å². The van der Waals surface area contributed by atoms with Crippen molar-refractivity contribution in [1.29, 1.82) is 0 Å². The molecule has 0 aliphatic heterocycles. The number of fused-ring (bicyclic) bond motifs is 1. The number of hydrogen-bond acceptors (Lipinski definition) is 5. The molecule has 1 atom stereocenters. The van der Waals surface area contributed by atoms with Gasteiger partial charge < -0.3 is 9.72 Å². The maximum atomic E-state index is 12.5. The molecule has 2 heterocycles. The van der Waals surface area contributed by atoms with Crippen LogP contribution in [0.25, 0.3) is 11.0 Å². The Morgan fingerprint density at radius 2 is 2.17 bits per heavy atom. The van der Waals surface area contributed by atoms with Crippen LogP contribution in [0.2, 0.25) is 0 Å². The second-order valence-electron chi connectivity index (χ2n) is 4.83. The van der Waals surface area contributed by atoms with Crippen LogP contribution in [-0.2, 0) is 16.6 Å². The predicted molar refractivity (Wildman–Crippen MR) is 93.4 cm³/mol. The second kappa shape index (κ2) is 7.14. The Bertz CT molecular complexity index is 848. The first kappa shape index (κ1) is 16.0. The molecular formula is C16H17N3O2S2. The van der Waals surface area contributed by atoms with Crippen LogP contribution in [0, 0.1) is 0 Å². The van der Waals surface area contributed by atoms with Crippen molar-refractivity contribution in [3.63, 3.8) is 0 Å². The largest absolute Gasteiger partial charge is 0.497 e. The number of hydrogen-bond donors (Lipinski definition) is 1. The zero-order valence-corrected chi connectivity index (χ0v) is 14.5. The zero-order valence-electron chi connectivity index (χ0n) is 12.9. The van der Waals surface area contributed by atoms with Crippen molar-refractivity contribution < 1.29 is 8.95 Å². The summed E-state index contributed by atoms with van der Waals surface area (Å²) in [5.74, 6) is 2.08. The number of H-pyrrole nitrogens is 1. The third-order valence-corrected chi connectivity index (χ3v) is 5.32. The number of benzene rings is 1. The molecule has 5 nitrogen and oxygen atoms in total. The van der Waals surface area contributed by atoms with E-state index in [1.807, 2.05) is 30.3 Å². The highest BCUT2D eigenvalue weighted by Gasteiger charge is 2.12. The minimum Gasteiger partial charge on any atom is -0.497 e. The number of nitrogens with one attached hydrogen (secondary N) is 1. The molecule has 0 spiro atoms. The van der Waals surface area contributed by atoms with Gasteiger partial charge in [0.25, 0.3) is 0 Å². The molecule has 0 amide bonds. The molecule has 120 valence electrons. The quantitative estimate of drug-likeness (QED) is 0.692. The molecule has 7 heteroatoms. The van der Waals surface area contributed by atoms with E-state index in [1.54, 1.807) is 25.1 Å². The molecule has 0 saturated carbocycles. The number of aromatic amines is 1. The molecule has 0 aliphatic rings. The lowest BCUT2D eigenvalue weighted by Crippen LogP contribution is -2.00. The van der Waals surface area contributed by atoms with Crippen LogP contribution >= 0.6 is 11.8 Å². The van der Waals surface area contributed by atoms with Crippen LogP contribution in [-0.4, -0.2) is 32.0 Å². The Morgan fingerprint density at radius 3 is 2.96 bits per heavy atom. The van der Waals surface area contributed by atoms with E-state index < -0.39 is 10.8 Å². The fourth-order valence-corrected chi connectivity index (χ4v) is 3.89. The third kappa shape index (κ3) is 3.73. The van der Waals surface area contributed by atoms with Crippen LogP contribution < -0.4 is 4.74 Å². The summed E-state index contributed by atoms with van der Waals surface area (Å²) in [7, 11) is 0.348. The minimum atomic E-state index is -1.27. The van der Waals surface area contributed by atoms with Crippen molar-refractivity contribution in [3.8, 4) is 5.75 Å². The summed E-state index contributed by atoms with van der Waals surface area (Å²) in [6.45, 7) is 2.10. The van der Waals surface area contributed by atoms with E-state index in [1.165, 1.54) is 0 Å². The lowest BCUT2D eigenvalue weighted by molar-refractivity contribution is 0.415.